The minimum Gasteiger partial charge on any atom is -0.397 e. The van der Waals surface area contributed by atoms with Crippen LogP contribution in [0.2, 0.25) is 0 Å². The third-order valence-corrected chi connectivity index (χ3v) is 3.52. The van der Waals surface area contributed by atoms with Crippen LogP contribution < -0.4 is 11.5 Å². The van der Waals surface area contributed by atoms with Gasteiger partial charge in [-0.05, 0) is 24.1 Å². The highest BCUT2D eigenvalue weighted by molar-refractivity contribution is 8.13. The van der Waals surface area contributed by atoms with E-state index in [2.05, 4.69) is 0 Å². The Balaban J connectivity index is 2.83. The number of aliphatic hydroxyl groups excluding tert-OH is 2. The predicted octanol–water partition coefficient (Wildman–Crippen LogP) is 0.833. The van der Waals surface area contributed by atoms with Crippen LogP contribution in [0.3, 0.4) is 0 Å². The molecule has 0 heterocycles. The third-order valence-electron chi connectivity index (χ3n) is 2.60. The predicted molar refractivity (Wildman–Crippen MR) is 74.1 cm³/mol. The fraction of sp³-hybridized carbons (Fsp3) is 0.417. The van der Waals surface area contributed by atoms with Crippen LogP contribution in [0.4, 0.5) is 11.4 Å². The maximum absolute atomic E-state index is 10.8. The summed E-state index contributed by atoms with van der Waals surface area (Å²) >= 11 is 0.969. The summed E-state index contributed by atoms with van der Waals surface area (Å²) in [7, 11) is 0. The molecule has 2 atom stereocenters. The highest BCUT2D eigenvalue weighted by atomic mass is 32.2. The lowest BCUT2D eigenvalue weighted by atomic mass is 10.0. The molecular weight excluding hydrogens is 252 g/mol. The molecule has 0 aromatic heterocycles. The number of carbonyl (C=O) groups is 1. The summed E-state index contributed by atoms with van der Waals surface area (Å²) in [5.41, 5.74) is 13.5. The van der Waals surface area contributed by atoms with Gasteiger partial charge in [0.25, 0.3) is 0 Å². The summed E-state index contributed by atoms with van der Waals surface area (Å²) in [6.45, 7) is 3.19. The number of rotatable bonds is 4. The van der Waals surface area contributed by atoms with Crippen molar-refractivity contribution >= 4 is 28.3 Å². The molecule has 6 heteroatoms. The topological polar surface area (TPSA) is 110 Å². The number of carbonyl (C=O) groups excluding carboxylic acids is 1. The Morgan fingerprint density at radius 2 is 2.00 bits per heavy atom. The Bertz CT molecular complexity index is 428. The van der Waals surface area contributed by atoms with E-state index in [1.165, 1.54) is 13.0 Å². The van der Waals surface area contributed by atoms with E-state index in [1.54, 1.807) is 13.0 Å². The largest absolute Gasteiger partial charge is 0.397 e. The van der Waals surface area contributed by atoms with Gasteiger partial charge in [0.15, 0.2) is 5.12 Å². The van der Waals surface area contributed by atoms with Gasteiger partial charge >= 0.3 is 0 Å². The first kappa shape index (κ1) is 14.8. The molecule has 0 aliphatic heterocycles. The van der Waals surface area contributed by atoms with Crippen LogP contribution in [-0.4, -0.2) is 27.2 Å². The van der Waals surface area contributed by atoms with Gasteiger partial charge in [-0.25, -0.2) is 0 Å². The van der Waals surface area contributed by atoms with E-state index in [9.17, 15) is 15.0 Å². The molecule has 100 valence electrons. The first-order valence-corrected chi connectivity index (χ1v) is 6.46. The maximum Gasteiger partial charge on any atom is 0.185 e. The number of hydrogen-bond acceptors (Lipinski definition) is 6. The zero-order valence-electron chi connectivity index (χ0n) is 10.4. The van der Waals surface area contributed by atoms with Gasteiger partial charge in [-0.15, -0.1) is 0 Å². The minimum absolute atomic E-state index is 0.103. The lowest BCUT2D eigenvalue weighted by Gasteiger charge is -2.19. The molecule has 1 aromatic carbocycles. The van der Waals surface area contributed by atoms with Crippen LogP contribution in [0.15, 0.2) is 12.1 Å². The molecule has 0 radical (unpaired) electrons. The highest BCUT2D eigenvalue weighted by Gasteiger charge is 2.20. The van der Waals surface area contributed by atoms with Crippen LogP contribution in [0.5, 0.6) is 0 Å². The smallest absolute Gasteiger partial charge is 0.185 e. The summed E-state index contributed by atoms with van der Waals surface area (Å²) in [5.74, 6) is 0.139. The fourth-order valence-corrected chi connectivity index (χ4v) is 2.13. The summed E-state index contributed by atoms with van der Waals surface area (Å²) < 4.78 is 0. The number of benzene rings is 1. The zero-order chi connectivity index (χ0) is 13.9. The van der Waals surface area contributed by atoms with Crippen molar-refractivity contribution in [2.45, 2.75) is 26.1 Å². The van der Waals surface area contributed by atoms with E-state index in [0.717, 1.165) is 17.3 Å². The standard InChI is InChI=1S/C12H18N2O3S/c1-6-3-8(4-9(13)11(6)14)12(17)10(16)5-18-7(2)15/h3-4,10,12,16-17H,5,13-14H2,1-2H3. The molecule has 18 heavy (non-hydrogen) atoms. The molecule has 1 aromatic rings. The highest BCUT2D eigenvalue weighted by Crippen LogP contribution is 2.27. The monoisotopic (exact) mass is 270 g/mol. The maximum atomic E-state index is 10.8. The normalized spacial score (nSPS) is 14.2. The molecule has 0 aliphatic rings. The second-order valence-corrected chi connectivity index (χ2v) is 5.35. The molecule has 0 saturated heterocycles. The molecule has 1 rings (SSSR count). The molecule has 0 spiro atoms. The van der Waals surface area contributed by atoms with Crippen molar-refractivity contribution in [2.24, 2.45) is 0 Å². The van der Waals surface area contributed by atoms with E-state index in [4.69, 9.17) is 11.5 Å². The average Bonchev–Trinajstić information content (AvgIpc) is 2.31. The van der Waals surface area contributed by atoms with Crippen LogP contribution >= 0.6 is 11.8 Å². The number of aliphatic hydroxyl groups is 2. The number of nitrogens with two attached hydrogens (primary N) is 2. The van der Waals surface area contributed by atoms with Gasteiger partial charge in [0.1, 0.15) is 6.10 Å². The van der Waals surface area contributed by atoms with Gasteiger partial charge in [0.2, 0.25) is 0 Å². The minimum atomic E-state index is -1.08. The molecule has 0 saturated carbocycles. The SMILES string of the molecule is CC(=O)SCC(O)C(O)c1cc(C)c(N)c(N)c1. The first-order chi connectivity index (χ1) is 8.32. The van der Waals surface area contributed by atoms with E-state index in [1.807, 2.05) is 0 Å². The molecule has 0 aliphatic carbocycles. The van der Waals surface area contributed by atoms with Crippen molar-refractivity contribution in [3.05, 3.63) is 23.3 Å². The van der Waals surface area contributed by atoms with Gasteiger partial charge < -0.3 is 21.7 Å². The van der Waals surface area contributed by atoms with Crippen LogP contribution in [0.25, 0.3) is 0 Å². The van der Waals surface area contributed by atoms with E-state index < -0.39 is 12.2 Å². The molecule has 0 amide bonds. The number of hydrogen-bond donors (Lipinski definition) is 4. The van der Waals surface area contributed by atoms with Crippen LogP contribution in [0.1, 0.15) is 24.2 Å². The van der Waals surface area contributed by atoms with E-state index >= 15 is 0 Å². The van der Waals surface area contributed by atoms with Crippen molar-refractivity contribution in [1.82, 2.24) is 0 Å². The molecule has 5 nitrogen and oxygen atoms in total. The first-order valence-electron chi connectivity index (χ1n) is 5.48. The van der Waals surface area contributed by atoms with Gasteiger partial charge in [-0.2, -0.15) is 0 Å². The quantitative estimate of drug-likeness (QED) is 0.603. The zero-order valence-corrected chi connectivity index (χ0v) is 11.2. The number of aryl methyl sites for hydroxylation is 1. The Kier molecular flexibility index (Phi) is 5.01. The van der Waals surface area contributed by atoms with Crippen molar-refractivity contribution in [1.29, 1.82) is 0 Å². The van der Waals surface area contributed by atoms with E-state index in [-0.39, 0.29) is 10.9 Å². The third kappa shape index (κ3) is 3.63. The Morgan fingerprint density at radius 3 is 2.50 bits per heavy atom. The van der Waals surface area contributed by atoms with Gasteiger partial charge in [0, 0.05) is 12.7 Å². The van der Waals surface area contributed by atoms with Crippen molar-refractivity contribution in [3.8, 4) is 0 Å². The van der Waals surface area contributed by atoms with Crippen molar-refractivity contribution in [2.75, 3.05) is 17.2 Å². The number of anilines is 2. The summed E-state index contributed by atoms with van der Waals surface area (Å²) in [5, 5.41) is 19.6. The lowest BCUT2D eigenvalue weighted by molar-refractivity contribution is -0.109. The molecule has 0 fully saturated rings. The van der Waals surface area contributed by atoms with Crippen molar-refractivity contribution in [3.63, 3.8) is 0 Å². The summed E-state index contributed by atoms with van der Waals surface area (Å²) in [4.78, 5) is 10.8. The van der Waals surface area contributed by atoms with Gasteiger partial charge in [0.05, 0.1) is 17.5 Å². The molecular formula is C12H18N2O3S. The Hall–Kier alpha value is -1.24. The lowest BCUT2D eigenvalue weighted by Crippen LogP contribution is -2.21. The summed E-state index contributed by atoms with van der Waals surface area (Å²) in [6, 6.07) is 3.21. The average molecular weight is 270 g/mol. The molecule has 6 N–H and O–H groups in total. The fourth-order valence-electron chi connectivity index (χ4n) is 1.54. The van der Waals surface area contributed by atoms with Crippen LogP contribution in [0, 0.1) is 6.92 Å². The molecule has 0 bridgehead atoms. The molecule has 2 unspecified atom stereocenters. The van der Waals surface area contributed by atoms with Crippen LogP contribution in [-0.2, 0) is 4.79 Å². The van der Waals surface area contributed by atoms with E-state index in [0.29, 0.717) is 16.9 Å². The summed E-state index contributed by atoms with van der Waals surface area (Å²) in [6.07, 6.45) is -2.11. The van der Waals surface area contributed by atoms with Gasteiger partial charge in [-0.3, -0.25) is 4.79 Å². The second kappa shape index (κ2) is 6.08. The second-order valence-electron chi connectivity index (χ2n) is 4.16. The number of nitrogen functional groups attached to an aromatic ring is 2. The Morgan fingerprint density at radius 1 is 1.39 bits per heavy atom. The Labute approximate surface area is 110 Å². The number of thioether (sulfide) groups is 1. The van der Waals surface area contributed by atoms with Gasteiger partial charge in [-0.1, -0.05) is 17.8 Å². The van der Waals surface area contributed by atoms with Crippen molar-refractivity contribution < 1.29 is 15.0 Å².